The Labute approximate surface area is 254 Å². The van der Waals surface area contributed by atoms with E-state index in [1.807, 2.05) is 0 Å². The van der Waals surface area contributed by atoms with E-state index < -0.39 is 40.3 Å². The first-order valence-corrected chi connectivity index (χ1v) is 14.0. The van der Waals surface area contributed by atoms with Crippen LogP contribution < -0.4 is 45.0 Å². The standard InChI is InChI=1S/C30H26ClN3O10/c1-11-6-13-19(25(35)30(11)26(36)20-14(39-3)9-15(40-4)22(31)24(20)44-30)18(21-27(32-13)34(2)29(38)33-28(21)37)12-7-16(41-5)23-17(8-12)42-10-43-23/h7-9,11,18,32H,6,10H2,1-5H3,(H,33,37,38)/t11-,18?,30+/m1/s1. The fourth-order valence-corrected chi connectivity index (χ4v) is 6.88. The molecular weight excluding hydrogens is 598 g/mol. The fraction of sp³-hybridized carbons (Fsp3) is 0.333. The van der Waals surface area contributed by atoms with Crippen molar-refractivity contribution in [1.82, 2.24) is 9.55 Å². The van der Waals surface area contributed by atoms with Crippen molar-refractivity contribution < 1.29 is 38.0 Å². The van der Waals surface area contributed by atoms with Crippen molar-refractivity contribution in [3.05, 3.63) is 72.0 Å². The number of anilines is 1. The topological polar surface area (TPSA) is 156 Å². The zero-order valence-corrected chi connectivity index (χ0v) is 25.0. The summed E-state index contributed by atoms with van der Waals surface area (Å²) in [6, 6.07) is 4.75. The number of fused-ring (bicyclic) bond motifs is 3. The molecular formula is C30H26ClN3O10. The zero-order valence-electron chi connectivity index (χ0n) is 24.2. The Morgan fingerprint density at radius 3 is 2.39 bits per heavy atom. The van der Waals surface area contributed by atoms with Crippen molar-refractivity contribution in [2.75, 3.05) is 33.4 Å². The van der Waals surface area contributed by atoms with E-state index >= 15 is 0 Å². The maximum Gasteiger partial charge on any atom is 0.329 e. The van der Waals surface area contributed by atoms with E-state index in [-0.39, 0.29) is 58.0 Å². The van der Waals surface area contributed by atoms with E-state index in [2.05, 4.69) is 10.3 Å². The van der Waals surface area contributed by atoms with Crippen molar-refractivity contribution in [2.24, 2.45) is 13.0 Å². The third-order valence-electron chi connectivity index (χ3n) is 8.75. The lowest BCUT2D eigenvalue weighted by Crippen LogP contribution is -2.58. The number of aromatic amines is 1. The predicted octanol–water partition coefficient (Wildman–Crippen LogP) is 2.92. The molecule has 0 amide bonds. The molecule has 1 aliphatic carbocycles. The van der Waals surface area contributed by atoms with Gasteiger partial charge in [-0.25, -0.2) is 4.79 Å². The molecule has 1 spiro atoms. The average Bonchev–Trinajstić information content (AvgIpc) is 3.61. The van der Waals surface area contributed by atoms with Crippen LogP contribution in [0.2, 0.25) is 5.02 Å². The lowest BCUT2D eigenvalue weighted by Gasteiger charge is -2.42. The van der Waals surface area contributed by atoms with E-state index in [9.17, 15) is 19.2 Å². The summed E-state index contributed by atoms with van der Waals surface area (Å²) in [6.07, 6.45) is 0.149. The molecule has 0 radical (unpaired) electrons. The van der Waals surface area contributed by atoms with Gasteiger partial charge in [0.05, 0.1) is 26.9 Å². The lowest BCUT2D eigenvalue weighted by molar-refractivity contribution is -0.130. The largest absolute Gasteiger partial charge is 0.496 e. The molecule has 0 saturated heterocycles. The number of methoxy groups -OCH3 is 3. The number of ether oxygens (including phenoxy) is 6. The molecule has 3 atom stereocenters. The zero-order chi connectivity index (χ0) is 31.2. The van der Waals surface area contributed by atoms with Crippen LogP contribution in [0.15, 0.2) is 39.1 Å². The first kappa shape index (κ1) is 27.9. The highest BCUT2D eigenvalue weighted by molar-refractivity contribution is 6.36. The highest BCUT2D eigenvalue weighted by Gasteiger charge is 2.63. The summed E-state index contributed by atoms with van der Waals surface area (Å²) in [5.41, 5.74) is -2.28. The normalized spacial score (nSPS) is 22.7. The molecule has 0 fully saturated rings. The van der Waals surface area contributed by atoms with Gasteiger partial charge in [0.1, 0.15) is 27.9 Å². The summed E-state index contributed by atoms with van der Waals surface area (Å²) in [6.45, 7) is 1.67. The number of ketones is 2. The fourth-order valence-electron chi connectivity index (χ4n) is 6.61. The van der Waals surface area contributed by atoms with Gasteiger partial charge in [-0.1, -0.05) is 18.5 Å². The minimum atomic E-state index is -2.03. The highest BCUT2D eigenvalue weighted by Crippen LogP contribution is 2.57. The van der Waals surface area contributed by atoms with Gasteiger partial charge in [-0.3, -0.25) is 23.9 Å². The maximum atomic E-state index is 15.0. The molecule has 0 bridgehead atoms. The van der Waals surface area contributed by atoms with E-state index in [1.54, 1.807) is 19.1 Å². The number of benzene rings is 2. The van der Waals surface area contributed by atoms with Gasteiger partial charge >= 0.3 is 5.69 Å². The Morgan fingerprint density at radius 2 is 1.68 bits per heavy atom. The van der Waals surface area contributed by atoms with Crippen LogP contribution in [0.3, 0.4) is 0 Å². The Hall–Kier alpha value is -4.91. The number of rotatable bonds is 4. The van der Waals surface area contributed by atoms with Crippen molar-refractivity contribution in [3.63, 3.8) is 0 Å². The molecule has 14 heteroatoms. The molecule has 0 saturated carbocycles. The molecule has 4 aliphatic rings. The minimum absolute atomic E-state index is 0.0175. The van der Waals surface area contributed by atoms with E-state index in [1.165, 1.54) is 39.0 Å². The molecule has 2 N–H and O–H groups in total. The molecule has 1 aromatic heterocycles. The molecule has 13 nitrogen and oxygen atoms in total. The van der Waals surface area contributed by atoms with E-state index in [0.29, 0.717) is 28.5 Å². The van der Waals surface area contributed by atoms with Gasteiger partial charge < -0.3 is 33.7 Å². The summed E-state index contributed by atoms with van der Waals surface area (Å²) in [5.74, 6) is -1.51. The third kappa shape index (κ3) is 3.46. The van der Waals surface area contributed by atoms with Crippen LogP contribution in [0, 0.1) is 5.92 Å². The molecule has 7 rings (SSSR count). The van der Waals surface area contributed by atoms with Gasteiger partial charge in [0, 0.05) is 36.2 Å². The van der Waals surface area contributed by atoms with Crippen LogP contribution in [0.25, 0.3) is 0 Å². The predicted molar refractivity (Wildman–Crippen MR) is 155 cm³/mol. The van der Waals surface area contributed by atoms with E-state index in [4.69, 9.17) is 40.0 Å². The van der Waals surface area contributed by atoms with Gasteiger partial charge in [0.2, 0.25) is 29.7 Å². The van der Waals surface area contributed by atoms with Gasteiger partial charge in [-0.05, 0) is 24.1 Å². The summed E-state index contributed by atoms with van der Waals surface area (Å²) >= 11 is 6.60. The van der Waals surface area contributed by atoms with Crippen LogP contribution in [0.1, 0.15) is 40.7 Å². The Kier molecular flexibility index (Phi) is 6.05. The number of allylic oxidation sites excluding steroid dienone is 1. The summed E-state index contributed by atoms with van der Waals surface area (Å²) < 4.78 is 35.2. The third-order valence-corrected chi connectivity index (χ3v) is 9.11. The van der Waals surface area contributed by atoms with Crippen LogP contribution in [-0.2, 0) is 11.8 Å². The van der Waals surface area contributed by atoms with Crippen LogP contribution in [-0.4, -0.2) is 54.8 Å². The second kappa shape index (κ2) is 9.55. The van der Waals surface area contributed by atoms with Crippen LogP contribution in [0.4, 0.5) is 5.82 Å². The van der Waals surface area contributed by atoms with Gasteiger partial charge in [-0.15, -0.1) is 0 Å². The molecule has 4 heterocycles. The number of Topliss-reactive ketones (excluding diaryl/α,β-unsaturated/α-hetero) is 2. The lowest BCUT2D eigenvalue weighted by atomic mass is 9.66. The molecule has 1 unspecified atom stereocenters. The summed E-state index contributed by atoms with van der Waals surface area (Å²) in [7, 11) is 5.75. The average molecular weight is 624 g/mol. The number of carbonyl (C=O) groups excluding carboxylic acids is 2. The quantitative estimate of drug-likeness (QED) is 0.412. The first-order valence-electron chi connectivity index (χ1n) is 13.6. The Bertz CT molecular complexity index is 1980. The van der Waals surface area contributed by atoms with Gasteiger partial charge in [0.15, 0.2) is 17.2 Å². The van der Waals surface area contributed by atoms with E-state index in [0.717, 1.165) is 0 Å². The molecule has 2 aromatic carbocycles. The SMILES string of the molecule is COc1cc(OC)c2c(c1Cl)O[C@@]1(C(=O)C3=C(C[C@H]1C)Nc1c(c(=O)[nH]c(=O)n1C)C3c1cc(OC)c3c(c1)OCO3)C2=O. The number of hydrogen-bond acceptors (Lipinski definition) is 11. The number of H-pyrrole nitrogens is 1. The van der Waals surface area contributed by atoms with Gasteiger partial charge in [0.25, 0.3) is 5.56 Å². The highest BCUT2D eigenvalue weighted by atomic mass is 35.5. The maximum absolute atomic E-state index is 15.0. The Balaban J connectivity index is 1.48. The molecule has 228 valence electrons. The van der Waals surface area contributed by atoms with Crippen molar-refractivity contribution >= 4 is 29.0 Å². The number of halogens is 1. The Morgan fingerprint density at radius 1 is 0.955 bits per heavy atom. The minimum Gasteiger partial charge on any atom is -0.496 e. The molecule has 3 aliphatic heterocycles. The summed E-state index contributed by atoms with van der Waals surface area (Å²) in [4.78, 5) is 57.8. The number of carbonyl (C=O) groups is 2. The van der Waals surface area contributed by atoms with Gasteiger partial charge in [-0.2, -0.15) is 0 Å². The van der Waals surface area contributed by atoms with Crippen molar-refractivity contribution in [1.29, 1.82) is 0 Å². The number of aromatic nitrogens is 2. The van der Waals surface area contributed by atoms with Crippen molar-refractivity contribution in [2.45, 2.75) is 24.9 Å². The molecule has 3 aromatic rings. The monoisotopic (exact) mass is 623 g/mol. The smallest absolute Gasteiger partial charge is 0.329 e. The second-order valence-corrected chi connectivity index (χ2v) is 11.3. The number of nitrogens with zero attached hydrogens (tertiary/aromatic N) is 1. The number of nitrogens with one attached hydrogen (secondary N) is 2. The van der Waals surface area contributed by atoms with Crippen LogP contribution in [0.5, 0.6) is 34.5 Å². The van der Waals surface area contributed by atoms with Crippen molar-refractivity contribution in [3.8, 4) is 34.5 Å². The van der Waals surface area contributed by atoms with Crippen LogP contribution >= 0.6 is 11.6 Å². The number of hydrogen-bond donors (Lipinski definition) is 2. The summed E-state index contributed by atoms with van der Waals surface area (Å²) in [5, 5.41) is 3.18. The second-order valence-electron chi connectivity index (χ2n) is 10.9. The molecule has 44 heavy (non-hydrogen) atoms. The first-order chi connectivity index (χ1) is 21.1.